The third-order valence-corrected chi connectivity index (χ3v) is 5.72. The molecule has 9 heteroatoms. The van der Waals surface area contributed by atoms with Crippen LogP contribution in [0.2, 0.25) is 0 Å². The molecular formula is C24H24N4O4S. The van der Waals surface area contributed by atoms with Crippen LogP contribution in [0.5, 0.6) is 5.75 Å². The average molecular weight is 465 g/mol. The van der Waals surface area contributed by atoms with Crippen LogP contribution in [-0.4, -0.2) is 33.4 Å². The van der Waals surface area contributed by atoms with Crippen LogP contribution in [0.25, 0.3) is 0 Å². The van der Waals surface area contributed by atoms with E-state index in [1.807, 2.05) is 65.7 Å². The Morgan fingerprint density at radius 2 is 1.70 bits per heavy atom. The van der Waals surface area contributed by atoms with Gasteiger partial charge in [0.2, 0.25) is 10.0 Å². The summed E-state index contributed by atoms with van der Waals surface area (Å²) in [5.41, 5.74) is 3.10. The monoisotopic (exact) mass is 464 g/mol. The molecular weight excluding hydrogens is 440 g/mol. The van der Waals surface area contributed by atoms with E-state index in [-0.39, 0.29) is 17.6 Å². The maximum absolute atomic E-state index is 13.1. The Kier molecular flexibility index (Phi) is 6.32. The summed E-state index contributed by atoms with van der Waals surface area (Å²) in [5, 5.41) is 9.34. The third-order valence-electron chi connectivity index (χ3n) is 5.13. The molecule has 0 fully saturated rings. The highest BCUT2D eigenvalue weighted by Gasteiger charge is 2.32. The fourth-order valence-electron chi connectivity index (χ4n) is 3.66. The van der Waals surface area contributed by atoms with Crippen LogP contribution in [0.4, 0.5) is 17.1 Å². The van der Waals surface area contributed by atoms with Gasteiger partial charge in [0.05, 0.1) is 30.8 Å². The summed E-state index contributed by atoms with van der Waals surface area (Å²) in [5.74, 6) is -0.0418. The minimum absolute atomic E-state index is 0.106. The Balaban J connectivity index is 1.58. The Morgan fingerprint density at radius 1 is 1.03 bits per heavy atom. The Hall–Kier alpha value is -3.85. The van der Waals surface area contributed by atoms with Crippen molar-refractivity contribution in [1.29, 1.82) is 0 Å². The second-order valence-corrected chi connectivity index (χ2v) is 9.35. The van der Waals surface area contributed by atoms with E-state index in [9.17, 15) is 13.2 Å². The number of benzene rings is 3. The van der Waals surface area contributed by atoms with E-state index in [0.717, 1.165) is 17.5 Å². The molecule has 0 bridgehead atoms. The largest absolute Gasteiger partial charge is 0.494 e. The molecule has 1 atom stereocenters. The van der Waals surface area contributed by atoms with Crippen molar-refractivity contribution in [3.05, 3.63) is 84.4 Å². The standard InChI is InChI=1S/C24H24N4O4S/c1-32-23-15-18(13-14-20(23)27-33(2,30)31)25-24(29)21-16-22(17-9-5-3-6-10-17)28(26-21)19-11-7-4-8-12-19/h3-15,22,27H,16H2,1-2H3,(H,25,29). The first kappa shape index (κ1) is 22.3. The fourth-order valence-corrected chi connectivity index (χ4v) is 4.23. The summed E-state index contributed by atoms with van der Waals surface area (Å²) >= 11 is 0. The van der Waals surface area contributed by atoms with Crippen molar-refractivity contribution in [2.24, 2.45) is 5.10 Å². The first-order valence-corrected chi connectivity index (χ1v) is 12.2. The van der Waals surface area contributed by atoms with Crippen LogP contribution in [0, 0.1) is 0 Å². The summed E-state index contributed by atoms with van der Waals surface area (Å²) in [4.78, 5) is 13.1. The van der Waals surface area contributed by atoms with Crippen LogP contribution in [0.3, 0.4) is 0 Å². The smallest absolute Gasteiger partial charge is 0.271 e. The maximum Gasteiger partial charge on any atom is 0.271 e. The number of hydrogen-bond acceptors (Lipinski definition) is 6. The quantitative estimate of drug-likeness (QED) is 0.550. The van der Waals surface area contributed by atoms with Gasteiger partial charge in [-0.05, 0) is 29.8 Å². The van der Waals surface area contributed by atoms with Crippen molar-refractivity contribution in [1.82, 2.24) is 0 Å². The number of hydrazone groups is 1. The van der Waals surface area contributed by atoms with Crippen molar-refractivity contribution in [3.8, 4) is 5.75 Å². The molecule has 1 unspecified atom stereocenters. The first-order chi connectivity index (χ1) is 15.8. The van der Waals surface area contributed by atoms with Gasteiger partial charge in [-0.15, -0.1) is 0 Å². The van der Waals surface area contributed by atoms with E-state index in [1.165, 1.54) is 13.2 Å². The average Bonchev–Trinajstić information content (AvgIpc) is 3.26. The molecule has 0 aliphatic carbocycles. The van der Waals surface area contributed by atoms with E-state index < -0.39 is 10.0 Å². The number of rotatable bonds is 7. The maximum atomic E-state index is 13.1. The Labute approximate surface area is 192 Å². The number of carbonyl (C=O) groups excluding carboxylic acids is 1. The summed E-state index contributed by atoms with van der Waals surface area (Å²) in [7, 11) is -2.04. The second kappa shape index (κ2) is 9.33. The SMILES string of the molecule is COc1cc(NC(=O)C2=NN(c3ccccc3)C(c3ccccc3)C2)ccc1NS(C)(=O)=O. The van der Waals surface area contributed by atoms with Crippen LogP contribution >= 0.6 is 0 Å². The number of amides is 1. The molecule has 4 rings (SSSR count). The second-order valence-electron chi connectivity index (χ2n) is 7.60. The summed E-state index contributed by atoms with van der Waals surface area (Å²) < 4.78 is 30.7. The van der Waals surface area contributed by atoms with Crippen molar-refractivity contribution in [3.63, 3.8) is 0 Å². The molecule has 0 saturated carbocycles. The van der Waals surface area contributed by atoms with Gasteiger partial charge in [-0.25, -0.2) is 8.42 Å². The molecule has 0 aromatic heterocycles. The highest BCUT2D eigenvalue weighted by Crippen LogP contribution is 2.35. The minimum atomic E-state index is -3.47. The number of anilines is 3. The number of sulfonamides is 1. The lowest BCUT2D eigenvalue weighted by Crippen LogP contribution is -2.22. The molecule has 1 heterocycles. The predicted molar refractivity (Wildman–Crippen MR) is 130 cm³/mol. The van der Waals surface area contributed by atoms with Gasteiger partial charge in [0, 0.05) is 18.2 Å². The molecule has 0 spiro atoms. The van der Waals surface area contributed by atoms with Crippen molar-refractivity contribution < 1.29 is 17.9 Å². The van der Waals surface area contributed by atoms with Gasteiger partial charge < -0.3 is 10.1 Å². The Bertz CT molecular complexity index is 1280. The topological polar surface area (TPSA) is 100 Å². The number of methoxy groups -OCH3 is 1. The summed E-state index contributed by atoms with van der Waals surface area (Å²) in [6.45, 7) is 0. The molecule has 0 saturated heterocycles. The molecule has 2 N–H and O–H groups in total. The van der Waals surface area contributed by atoms with Gasteiger partial charge in [0.25, 0.3) is 5.91 Å². The van der Waals surface area contributed by atoms with Crippen LogP contribution in [0.15, 0.2) is 84.0 Å². The molecule has 0 radical (unpaired) electrons. The molecule has 8 nitrogen and oxygen atoms in total. The zero-order valence-corrected chi connectivity index (χ0v) is 19.0. The van der Waals surface area contributed by atoms with E-state index in [1.54, 1.807) is 12.1 Å². The van der Waals surface area contributed by atoms with E-state index in [0.29, 0.717) is 23.6 Å². The minimum Gasteiger partial charge on any atom is -0.494 e. The number of nitrogens with one attached hydrogen (secondary N) is 2. The number of nitrogens with zero attached hydrogens (tertiary/aromatic N) is 2. The van der Waals surface area contributed by atoms with Gasteiger partial charge in [0.1, 0.15) is 11.5 Å². The molecule has 3 aromatic carbocycles. The van der Waals surface area contributed by atoms with Gasteiger partial charge in [-0.1, -0.05) is 48.5 Å². The van der Waals surface area contributed by atoms with Crippen LogP contribution in [-0.2, 0) is 14.8 Å². The van der Waals surface area contributed by atoms with E-state index in [4.69, 9.17) is 4.74 Å². The number of hydrogen-bond donors (Lipinski definition) is 2. The number of ether oxygens (including phenoxy) is 1. The molecule has 1 amide bonds. The van der Waals surface area contributed by atoms with Crippen molar-refractivity contribution >= 4 is 38.7 Å². The lowest BCUT2D eigenvalue weighted by molar-refractivity contribution is -0.110. The number of para-hydroxylation sites is 1. The first-order valence-electron chi connectivity index (χ1n) is 10.3. The number of carbonyl (C=O) groups is 1. The Morgan fingerprint density at radius 3 is 2.33 bits per heavy atom. The lowest BCUT2D eigenvalue weighted by Gasteiger charge is -2.23. The zero-order valence-electron chi connectivity index (χ0n) is 18.2. The molecule has 3 aromatic rings. The van der Waals surface area contributed by atoms with Crippen molar-refractivity contribution in [2.45, 2.75) is 12.5 Å². The van der Waals surface area contributed by atoms with E-state index >= 15 is 0 Å². The fraction of sp³-hybridized carbons (Fsp3) is 0.167. The zero-order chi connectivity index (χ0) is 23.4. The normalized spacial score (nSPS) is 15.6. The van der Waals surface area contributed by atoms with Gasteiger partial charge >= 0.3 is 0 Å². The van der Waals surface area contributed by atoms with Gasteiger partial charge in [-0.2, -0.15) is 5.10 Å². The molecule has 1 aliphatic heterocycles. The highest BCUT2D eigenvalue weighted by atomic mass is 32.2. The van der Waals surface area contributed by atoms with Crippen molar-refractivity contribution in [2.75, 3.05) is 28.4 Å². The lowest BCUT2D eigenvalue weighted by atomic mass is 10.0. The molecule has 1 aliphatic rings. The van der Waals surface area contributed by atoms with E-state index in [2.05, 4.69) is 15.1 Å². The predicted octanol–water partition coefficient (Wildman–Crippen LogP) is 4.01. The highest BCUT2D eigenvalue weighted by molar-refractivity contribution is 7.92. The van der Waals surface area contributed by atoms with Crippen LogP contribution < -0.4 is 19.8 Å². The van der Waals surface area contributed by atoms with Crippen LogP contribution in [0.1, 0.15) is 18.0 Å². The third kappa shape index (κ3) is 5.32. The summed E-state index contributed by atoms with van der Waals surface area (Å²) in [6.07, 6.45) is 1.50. The van der Waals surface area contributed by atoms with Gasteiger partial charge in [-0.3, -0.25) is 14.5 Å². The summed E-state index contributed by atoms with van der Waals surface area (Å²) in [6, 6.07) is 24.2. The molecule has 33 heavy (non-hydrogen) atoms. The molecule has 170 valence electrons. The van der Waals surface area contributed by atoms with Gasteiger partial charge in [0.15, 0.2) is 0 Å².